The van der Waals surface area contributed by atoms with Gasteiger partial charge in [-0.25, -0.2) is 0 Å². The number of nitrogens with two attached hydrogens (primary N) is 1. The van der Waals surface area contributed by atoms with Crippen LogP contribution in [0.15, 0.2) is 48.7 Å². The molecule has 142 valence electrons. The van der Waals surface area contributed by atoms with E-state index < -0.39 is 0 Å². The highest BCUT2D eigenvalue weighted by Crippen LogP contribution is 2.22. The first-order chi connectivity index (χ1) is 13.2. The van der Waals surface area contributed by atoms with E-state index in [1.165, 1.54) is 33.3 Å². The van der Waals surface area contributed by atoms with Crippen LogP contribution in [-0.4, -0.2) is 49.2 Å². The number of benzene rings is 2. The van der Waals surface area contributed by atoms with Gasteiger partial charge in [-0.05, 0) is 61.2 Å². The Morgan fingerprint density at radius 2 is 1.81 bits per heavy atom. The van der Waals surface area contributed by atoms with Crippen molar-refractivity contribution in [2.24, 2.45) is 5.73 Å². The standard InChI is InChI=1S/C23H30N4/c1-18-4-2-3-5-23(18)27-14-12-26(13-15-27)11-9-19-6-7-22-21(16-19)20(8-10-24)17-25-22/h2-7,16-17,25H,8-15,24H2,1H3. The number of rotatable bonds is 6. The quantitative estimate of drug-likeness (QED) is 0.707. The normalized spacial score (nSPS) is 15.6. The molecule has 0 bridgehead atoms. The fourth-order valence-corrected chi connectivity index (χ4v) is 4.16. The Morgan fingerprint density at radius 1 is 1.00 bits per heavy atom. The summed E-state index contributed by atoms with van der Waals surface area (Å²) in [6, 6.07) is 15.5. The van der Waals surface area contributed by atoms with Gasteiger partial charge < -0.3 is 15.6 Å². The Hall–Kier alpha value is -2.30. The van der Waals surface area contributed by atoms with E-state index in [4.69, 9.17) is 5.73 Å². The second kappa shape index (κ2) is 8.15. The molecule has 0 radical (unpaired) electrons. The number of nitrogens with one attached hydrogen (secondary N) is 1. The third-order valence-electron chi connectivity index (χ3n) is 5.79. The first kappa shape index (κ1) is 18.1. The Kier molecular flexibility index (Phi) is 5.46. The molecule has 2 aromatic carbocycles. The molecule has 4 nitrogen and oxygen atoms in total. The van der Waals surface area contributed by atoms with Gasteiger partial charge >= 0.3 is 0 Å². The van der Waals surface area contributed by atoms with Crippen molar-refractivity contribution in [3.05, 3.63) is 65.4 Å². The Morgan fingerprint density at radius 3 is 2.59 bits per heavy atom. The number of para-hydroxylation sites is 1. The summed E-state index contributed by atoms with van der Waals surface area (Å²) in [4.78, 5) is 8.48. The molecule has 0 saturated carbocycles. The smallest absolute Gasteiger partial charge is 0.0456 e. The molecule has 4 rings (SSSR count). The van der Waals surface area contributed by atoms with Gasteiger partial charge in [0.05, 0.1) is 0 Å². The number of anilines is 1. The van der Waals surface area contributed by atoms with Gasteiger partial charge in [0.1, 0.15) is 0 Å². The maximum atomic E-state index is 5.74. The van der Waals surface area contributed by atoms with Crippen LogP contribution in [0.4, 0.5) is 5.69 Å². The summed E-state index contributed by atoms with van der Waals surface area (Å²) in [6.07, 6.45) is 4.14. The summed E-state index contributed by atoms with van der Waals surface area (Å²) in [5.74, 6) is 0. The van der Waals surface area contributed by atoms with Crippen molar-refractivity contribution >= 4 is 16.6 Å². The second-order valence-corrected chi connectivity index (χ2v) is 7.60. The summed E-state index contributed by atoms with van der Waals surface area (Å²) in [5, 5.41) is 1.34. The number of aromatic amines is 1. The van der Waals surface area contributed by atoms with E-state index in [2.05, 4.69) is 70.4 Å². The van der Waals surface area contributed by atoms with Crippen LogP contribution in [0.5, 0.6) is 0 Å². The molecule has 0 unspecified atom stereocenters. The van der Waals surface area contributed by atoms with E-state index in [0.29, 0.717) is 6.54 Å². The SMILES string of the molecule is Cc1ccccc1N1CCN(CCc2ccc3[nH]cc(CCN)c3c2)CC1. The van der Waals surface area contributed by atoms with Crippen LogP contribution >= 0.6 is 0 Å². The van der Waals surface area contributed by atoms with Gasteiger partial charge in [0.2, 0.25) is 0 Å². The summed E-state index contributed by atoms with van der Waals surface area (Å²) in [5.41, 5.74) is 12.5. The Bertz CT molecular complexity index is 890. The number of hydrogen-bond acceptors (Lipinski definition) is 3. The van der Waals surface area contributed by atoms with Crippen molar-refractivity contribution in [2.45, 2.75) is 19.8 Å². The minimum absolute atomic E-state index is 0.697. The second-order valence-electron chi connectivity index (χ2n) is 7.60. The lowest BCUT2D eigenvalue weighted by Crippen LogP contribution is -2.47. The van der Waals surface area contributed by atoms with Crippen molar-refractivity contribution in [3.63, 3.8) is 0 Å². The zero-order valence-corrected chi connectivity index (χ0v) is 16.2. The highest BCUT2D eigenvalue weighted by atomic mass is 15.3. The van der Waals surface area contributed by atoms with Crippen molar-refractivity contribution in [2.75, 3.05) is 44.2 Å². The molecule has 4 heteroatoms. The van der Waals surface area contributed by atoms with Gasteiger partial charge in [0, 0.05) is 55.5 Å². The molecule has 0 aliphatic carbocycles. The zero-order valence-electron chi connectivity index (χ0n) is 16.2. The molecule has 3 N–H and O–H groups in total. The average molecular weight is 363 g/mol. The molecule has 0 atom stereocenters. The number of aromatic nitrogens is 1. The van der Waals surface area contributed by atoms with E-state index >= 15 is 0 Å². The van der Waals surface area contributed by atoms with E-state index in [0.717, 1.165) is 45.6 Å². The number of piperazine rings is 1. The Labute approximate surface area is 162 Å². The molecule has 2 heterocycles. The average Bonchev–Trinajstić information content (AvgIpc) is 3.10. The Balaban J connectivity index is 1.34. The lowest BCUT2D eigenvalue weighted by molar-refractivity contribution is 0.261. The van der Waals surface area contributed by atoms with Gasteiger partial charge in [0.15, 0.2) is 0 Å². The number of aryl methyl sites for hydroxylation is 1. The molecule has 1 fully saturated rings. The number of hydrogen-bond donors (Lipinski definition) is 2. The predicted octanol–water partition coefficient (Wildman–Crippen LogP) is 3.34. The first-order valence-corrected chi connectivity index (χ1v) is 10.1. The van der Waals surface area contributed by atoms with Crippen molar-refractivity contribution < 1.29 is 0 Å². The van der Waals surface area contributed by atoms with E-state index in [-0.39, 0.29) is 0 Å². The molecular weight excluding hydrogens is 332 g/mol. The van der Waals surface area contributed by atoms with Crippen LogP contribution < -0.4 is 10.6 Å². The molecular formula is C23H30N4. The van der Waals surface area contributed by atoms with Gasteiger partial charge in [-0.1, -0.05) is 24.3 Å². The van der Waals surface area contributed by atoms with Crippen LogP contribution in [0.2, 0.25) is 0 Å². The third-order valence-corrected chi connectivity index (χ3v) is 5.79. The van der Waals surface area contributed by atoms with Crippen molar-refractivity contribution in [1.82, 2.24) is 9.88 Å². The van der Waals surface area contributed by atoms with Crippen molar-refractivity contribution in [3.8, 4) is 0 Å². The highest BCUT2D eigenvalue weighted by Gasteiger charge is 2.18. The molecule has 0 spiro atoms. The van der Waals surface area contributed by atoms with Crippen LogP contribution in [0, 0.1) is 6.92 Å². The van der Waals surface area contributed by atoms with E-state index in [9.17, 15) is 0 Å². The predicted molar refractivity (Wildman–Crippen MR) is 115 cm³/mol. The van der Waals surface area contributed by atoms with Crippen LogP contribution in [0.1, 0.15) is 16.7 Å². The third kappa shape index (κ3) is 4.02. The molecule has 3 aromatic rings. The largest absolute Gasteiger partial charge is 0.369 e. The maximum Gasteiger partial charge on any atom is 0.0456 e. The van der Waals surface area contributed by atoms with Gasteiger partial charge in [-0.15, -0.1) is 0 Å². The minimum atomic E-state index is 0.697. The maximum absolute atomic E-state index is 5.74. The number of H-pyrrole nitrogens is 1. The zero-order chi connectivity index (χ0) is 18.6. The fraction of sp³-hybridized carbons (Fsp3) is 0.391. The number of nitrogens with zero attached hydrogens (tertiary/aromatic N) is 2. The summed E-state index contributed by atoms with van der Waals surface area (Å²) in [7, 11) is 0. The lowest BCUT2D eigenvalue weighted by Gasteiger charge is -2.36. The molecule has 1 saturated heterocycles. The van der Waals surface area contributed by atoms with Crippen molar-refractivity contribution in [1.29, 1.82) is 0 Å². The van der Waals surface area contributed by atoms with E-state index in [1.54, 1.807) is 0 Å². The molecule has 27 heavy (non-hydrogen) atoms. The van der Waals surface area contributed by atoms with Gasteiger partial charge in [-0.3, -0.25) is 4.90 Å². The van der Waals surface area contributed by atoms with Crippen LogP contribution in [-0.2, 0) is 12.8 Å². The fourth-order valence-electron chi connectivity index (χ4n) is 4.16. The number of fused-ring (bicyclic) bond motifs is 1. The molecule has 1 aliphatic heterocycles. The van der Waals surface area contributed by atoms with Gasteiger partial charge in [0.25, 0.3) is 0 Å². The molecule has 1 aromatic heterocycles. The lowest BCUT2D eigenvalue weighted by atomic mass is 10.0. The minimum Gasteiger partial charge on any atom is -0.369 e. The van der Waals surface area contributed by atoms with E-state index in [1.807, 2.05) is 0 Å². The van der Waals surface area contributed by atoms with Crippen LogP contribution in [0.25, 0.3) is 10.9 Å². The van der Waals surface area contributed by atoms with Gasteiger partial charge in [-0.2, -0.15) is 0 Å². The van der Waals surface area contributed by atoms with Crippen LogP contribution in [0.3, 0.4) is 0 Å². The summed E-state index contributed by atoms with van der Waals surface area (Å²) < 4.78 is 0. The molecule has 0 amide bonds. The summed E-state index contributed by atoms with van der Waals surface area (Å²) in [6.45, 7) is 8.53. The molecule has 1 aliphatic rings. The monoisotopic (exact) mass is 362 g/mol. The topological polar surface area (TPSA) is 48.3 Å². The summed E-state index contributed by atoms with van der Waals surface area (Å²) >= 11 is 0. The first-order valence-electron chi connectivity index (χ1n) is 10.1. The highest BCUT2D eigenvalue weighted by molar-refractivity contribution is 5.83.